The molecule has 0 aliphatic heterocycles. The van der Waals surface area contributed by atoms with E-state index in [1.807, 2.05) is 0 Å². The van der Waals surface area contributed by atoms with E-state index in [4.69, 9.17) is 15.3 Å². The molecule has 0 amide bonds. The minimum Gasteiger partial charge on any atom is -0.481 e. The van der Waals surface area contributed by atoms with E-state index in [1.165, 1.54) is 12.1 Å². The van der Waals surface area contributed by atoms with Crippen molar-refractivity contribution >= 4 is 17.9 Å². The van der Waals surface area contributed by atoms with Gasteiger partial charge in [0.2, 0.25) is 0 Å². The second-order valence-corrected chi connectivity index (χ2v) is 3.75. The highest BCUT2D eigenvalue weighted by atomic mass is 16.4. The van der Waals surface area contributed by atoms with Crippen LogP contribution in [-0.4, -0.2) is 33.2 Å². The van der Waals surface area contributed by atoms with Gasteiger partial charge in [-0.1, -0.05) is 12.1 Å². The van der Waals surface area contributed by atoms with E-state index in [9.17, 15) is 14.4 Å². The summed E-state index contributed by atoms with van der Waals surface area (Å²) in [4.78, 5) is 31.8. The highest BCUT2D eigenvalue weighted by Gasteiger charge is 2.10. The molecule has 0 aromatic heterocycles. The SMILES string of the molecule is O=C(O)Cc1[c]c(CC(=O)O)cc(CC(=O)O)c1. The molecule has 1 rings (SSSR count). The van der Waals surface area contributed by atoms with E-state index in [0.29, 0.717) is 5.56 Å². The van der Waals surface area contributed by atoms with E-state index in [2.05, 4.69) is 6.07 Å². The van der Waals surface area contributed by atoms with Crippen LogP contribution in [0.15, 0.2) is 12.1 Å². The Labute approximate surface area is 102 Å². The zero-order chi connectivity index (χ0) is 13.7. The summed E-state index contributed by atoms with van der Waals surface area (Å²) >= 11 is 0. The average molecular weight is 251 g/mol. The Morgan fingerprint density at radius 2 is 1.22 bits per heavy atom. The summed E-state index contributed by atoms with van der Waals surface area (Å²) in [6, 6.07) is 5.49. The maximum absolute atomic E-state index is 10.6. The van der Waals surface area contributed by atoms with Gasteiger partial charge in [-0.2, -0.15) is 0 Å². The van der Waals surface area contributed by atoms with E-state index >= 15 is 0 Å². The molecule has 95 valence electrons. The van der Waals surface area contributed by atoms with E-state index in [1.54, 1.807) is 0 Å². The quantitative estimate of drug-likeness (QED) is 0.673. The molecule has 0 aliphatic carbocycles. The summed E-state index contributed by atoms with van der Waals surface area (Å²) in [5.74, 6) is -3.23. The Morgan fingerprint density at radius 3 is 1.56 bits per heavy atom. The fraction of sp³-hybridized carbons (Fsp3) is 0.250. The van der Waals surface area contributed by atoms with Gasteiger partial charge in [0.15, 0.2) is 0 Å². The number of benzene rings is 1. The predicted molar refractivity (Wildman–Crippen MR) is 59.3 cm³/mol. The molecule has 0 aliphatic rings. The standard InChI is InChI=1S/C12H11O6/c13-10(14)4-7-1-8(5-11(15)16)3-9(2-7)6-12(17)18/h1-2H,4-6H2,(H,13,14)(H,15,16)(H,17,18). The van der Waals surface area contributed by atoms with Crippen LogP contribution in [0.3, 0.4) is 0 Å². The van der Waals surface area contributed by atoms with Crippen molar-refractivity contribution in [3.05, 3.63) is 34.9 Å². The molecule has 6 nitrogen and oxygen atoms in total. The van der Waals surface area contributed by atoms with Gasteiger partial charge in [-0.3, -0.25) is 14.4 Å². The molecule has 0 saturated carbocycles. The van der Waals surface area contributed by atoms with E-state index in [0.717, 1.165) is 0 Å². The van der Waals surface area contributed by atoms with E-state index < -0.39 is 17.9 Å². The first-order chi connectivity index (χ1) is 8.36. The van der Waals surface area contributed by atoms with Crippen LogP contribution in [0.1, 0.15) is 16.7 Å². The van der Waals surface area contributed by atoms with Crippen molar-refractivity contribution in [1.82, 2.24) is 0 Å². The Morgan fingerprint density at radius 1 is 0.833 bits per heavy atom. The summed E-state index contributed by atoms with van der Waals surface area (Å²) in [6.45, 7) is 0. The van der Waals surface area contributed by atoms with Crippen molar-refractivity contribution in [3.8, 4) is 0 Å². The molecule has 0 unspecified atom stereocenters. The number of hydrogen-bond donors (Lipinski definition) is 3. The zero-order valence-corrected chi connectivity index (χ0v) is 9.34. The lowest BCUT2D eigenvalue weighted by Crippen LogP contribution is -2.07. The Kier molecular flexibility index (Phi) is 4.42. The third kappa shape index (κ3) is 4.65. The van der Waals surface area contributed by atoms with Crippen LogP contribution in [0.5, 0.6) is 0 Å². The van der Waals surface area contributed by atoms with Gasteiger partial charge in [0.1, 0.15) is 0 Å². The summed E-state index contributed by atoms with van der Waals surface area (Å²) < 4.78 is 0. The lowest BCUT2D eigenvalue weighted by Gasteiger charge is -2.05. The first kappa shape index (κ1) is 13.7. The smallest absolute Gasteiger partial charge is 0.307 e. The van der Waals surface area contributed by atoms with Crippen molar-refractivity contribution < 1.29 is 29.7 Å². The van der Waals surface area contributed by atoms with Gasteiger partial charge in [-0.15, -0.1) is 0 Å². The Hall–Kier alpha value is -2.37. The molecular weight excluding hydrogens is 240 g/mol. The molecule has 0 saturated heterocycles. The summed E-state index contributed by atoms with van der Waals surface area (Å²) in [5.41, 5.74) is 0.920. The topological polar surface area (TPSA) is 112 Å². The maximum atomic E-state index is 10.6. The van der Waals surface area contributed by atoms with Gasteiger partial charge in [-0.25, -0.2) is 0 Å². The van der Waals surface area contributed by atoms with Crippen molar-refractivity contribution in [2.24, 2.45) is 0 Å². The van der Waals surface area contributed by atoms with Crippen LogP contribution in [-0.2, 0) is 33.6 Å². The molecule has 6 heteroatoms. The fourth-order valence-electron chi connectivity index (χ4n) is 1.56. The molecule has 18 heavy (non-hydrogen) atoms. The molecule has 1 aromatic rings. The first-order valence-corrected chi connectivity index (χ1v) is 5.06. The lowest BCUT2D eigenvalue weighted by atomic mass is 10.00. The normalized spacial score (nSPS) is 10.0. The number of carboxylic acids is 3. The highest BCUT2D eigenvalue weighted by Crippen LogP contribution is 2.12. The van der Waals surface area contributed by atoms with Crippen LogP contribution in [0.4, 0.5) is 0 Å². The number of aliphatic carboxylic acids is 3. The molecular formula is C12H11O6. The van der Waals surface area contributed by atoms with Gasteiger partial charge < -0.3 is 15.3 Å². The monoisotopic (exact) mass is 251 g/mol. The molecule has 0 heterocycles. The number of carboxylic acid groups (broad SMARTS) is 3. The van der Waals surface area contributed by atoms with Crippen LogP contribution < -0.4 is 0 Å². The fourth-order valence-corrected chi connectivity index (χ4v) is 1.56. The lowest BCUT2D eigenvalue weighted by molar-refractivity contribution is -0.137. The molecule has 0 atom stereocenters. The highest BCUT2D eigenvalue weighted by molar-refractivity contribution is 5.74. The minimum atomic E-state index is -1.08. The third-order valence-corrected chi connectivity index (χ3v) is 2.08. The number of rotatable bonds is 6. The third-order valence-electron chi connectivity index (χ3n) is 2.08. The van der Waals surface area contributed by atoms with Crippen molar-refractivity contribution in [1.29, 1.82) is 0 Å². The van der Waals surface area contributed by atoms with Crippen molar-refractivity contribution in [2.75, 3.05) is 0 Å². The van der Waals surface area contributed by atoms with Gasteiger partial charge >= 0.3 is 17.9 Å². The summed E-state index contributed by atoms with van der Waals surface area (Å²) in [6.07, 6.45) is -0.923. The van der Waals surface area contributed by atoms with E-state index in [-0.39, 0.29) is 30.4 Å². The van der Waals surface area contributed by atoms with Crippen LogP contribution in [0.25, 0.3) is 0 Å². The number of hydrogen-bond acceptors (Lipinski definition) is 3. The summed E-state index contributed by atoms with van der Waals surface area (Å²) in [7, 11) is 0. The van der Waals surface area contributed by atoms with Gasteiger partial charge in [0, 0.05) is 0 Å². The van der Waals surface area contributed by atoms with Gasteiger partial charge in [0.25, 0.3) is 0 Å². The largest absolute Gasteiger partial charge is 0.481 e. The predicted octanol–water partition coefficient (Wildman–Crippen LogP) is 0.368. The second kappa shape index (κ2) is 5.81. The molecule has 1 aromatic carbocycles. The van der Waals surface area contributed by atoms with Gasteiger partial charge in [-0.05, 0) is 22.8 Å². The first-order valence-electron chi connectivity index (χ1n) is 5.06. The average Bonchev–Trinajstić information content (AvgIpc) is 2.12. The van der Waals surface area contributed by atoms with Crippen LogP contribution in [0.2, 0.25) is 0 Å². The molecule has 0 spiro atoms. The van der Waals surface area contributed by atoms with Crippen LogP contribution >= 0.6 is 0 Å². The van der Waals surface area contributed by atoms with Crippen molar-refractivity contribution in [3.63, 3.8) is 0 Å². The minimum absolute atomic E-state index is 0.275. The summed E-state index contributed by atoms with van der Waals surface area (Å²) in [5, 5.41) is 26.0. The molecule has 0 fully saturated rings. The van der Waals surface area contributed by atoms with Crippen LogP contribution in [0, 0.1) is 6.07 Å². The molecule has 0 bridgehead atoms. The maximum Gasteiger partial charge on any atom is 0.307 e. The van der Waals surface area contributed by atoms with Gasteiger partial charge in [0.05, 0.1) is 19.3 Å². The molecule has 1 radical (unpaired) electrons. The Bertz CT molecular complexity index is 408. The number of carbonyl (C=O) groups is 3. The Balaban J connectivity index is 3.06. The second-order valence-electron chi connectivity index (χ2n) is 3.75. The zero-order valence-electron chi connectivity index (χ0n) is 9.34. The molecule has 3 N–H and O–H groups in total. The van der Waals surface area contributed by atoms with Crippen molar-refractivity contribution in [2.45, 2.75) is 19.3 Å².